The van der Waals surface area contributed by atoms with Crippen molar-refractivity contribution < 1.29 is 8.63 Å². The Morgan fingerprint density at radius 1 is 1.00 bits per heavy atom. The fourth-order valence-electron chi connectivity index (χ4n) is 4.92. The van der Waals surface area contributed by atoms with E-state index in [2.05, 4.69) is 48.5 Å². The van der Waals surface area contributed by atoms with Gasteiger partial charge in [0, 0.05) is 35.1 Å². The van der Waals surface area contributed by atoms with Gasteiger partial charge in [0.1, 0.15) is 0 Å². The summed E-state index contributed by atoms with van der Waals surface area (Å²) in [4.78, 5) is 4.79. The zero-order chi connectivity index (χ0) is 20.2. The van der Waals surface area contributed by atoms with Crippen LogP contribution in [0.3, 0.4) is 0 Å². The van der Waals surface area contributed by atoms with Gasteiger partial charge in [-0.25, -0.2) is 0 Å². The molecule has 0 aromatic carbocycles. The van der Waals surface area contributed by atoms with Crippen molar-refractivity contribution in [2.75, 3.05) is 0 Å². The van der Waals surface area contributed by atoms with E-state index in [0.717, 1.165) is 22.5 Å². The molecule has 0 amide bonds. The van der Waals surface area contributed by atoms with Gasteiger partial charge in [0.2, 0.25) is 0 Å². The number of hydrogen-bond acceptors (Lipinski definition) is 1. The summed E-state index contributed by atoms with van der Waals surface area (Å²) < 4.78 is 29.0. The molecule has 0 N–H and O–H groups in total. The molecule has 5 heteroatoms. The highest BCUT2D eigenvalue weighted by Crippen LogP contribution is 2.41. The maximum atomic E-state index is 13.9. The van der Waals surface area contributed by atoms with E-state index < -0.39 is 7.40 Å². The van der Waals surface area contributed by atoms with Gasteiger partial charge in [-0.05, 0) is 48.3 Å². The highest BCUT2D eigenvalue weighted by molar-refractivity contribution is 6.41. The summed E-state index contributed by atoms with van der Waals surface area (Å²) in [6.45, 7) is 20.8. The Morgan fingerprint density at radius 3 is 1.92 bits per heavy atom. The highest BCUT2D eigenvalue weighted by Gasteiger charge is 2.36. The first-order valence-corrected chi connectivity index (χ1v) is 9.45. The van der Waals surface area contributed by atoms with Crippen molar-refractivity contribution in [3.8, 4) is 0 Å². The summed E-state index contributed by atoms with van der Waals surface area (Å²) in [6.07, 6.45) is 0.477. The zero-order valence-corrected chi connectivity index (χ0v) is 18.0. The lowest BCUT2D eigenvalue weighted by atomic mass is 9.77. The minimum absolute atomic E-state index is 0.0288. The minimum atomic E-state index is -2.53. The molecule has 26 heavy (non-hydrogen) atoms. The summed E-state index contributed by atoms with van der Waals surface area (Å²) >= 11 is 0. The molecule has 1 aromatic heterocycles. The summed E-state index contributed by atoms with van der Waals surface area (Å²) in [7, 11) is -2.53. The van der Waals surface area contributed by atoms with Crippen LogP contribution in [-0.4, -0.2) is 17.6 Å². The molecule has 0 fully saturated rings. The topological polar surface area (TPSA) is 17.3 Å². The largest absolute Gasteiger partial charge is 0.677 e. The van der Waals surface area contributed by atoms with E-state index in [0.29, 0.717) is 17.8 Å². The lowest BCUT2D eigenvalue weighted by Gasteiger charge is -2.26. The average Bonchev–Trinajstić information content (AvgIpc) is 2.83. The second kappa shape index (κ2) is 6.65. The van der Waals surface area contributed by atoms with Crippen molar-refractivity contribution >= 4 is 13.1 Å². The fourth-order valence-corrected chi connectivity index (χ4v) is 4.92. The van der Waals surface area contributed by atoms with Crippen LogP contribution in [0.2, 0.25) is 0 Å². The molecule has 0 saturated heterocycles. The summed E-state index contributed by atoms with van der Waals surface area (Å²) in [5.41, 5.74) is 6.59. The Hall–Kier alpha value is -1.39. The normalized spacial score (nSPS) is 18.6. The van der Waals surface area contributed by atoms with Crippen LogP contribution in [0.15, 0.2) is 16.3 Å². The molecular weight excluding hydrogens is 329 g/mol. The number of aliphatic imine (C=N–C) groups is 1. The van der Waals surface area contributed by atoms with Crippen molar-refractivity contribution in [1.29, 1.82) is 0 Å². The van der Waals surface area contributed by atoms with Crippen LogP contribution in [0.1, 0.15) is 77.9 Å². The summed E-state index contributed by atoms with van der Waals surface area (Å²) in [6, 6.07) is 0. The first kappa shape index (κ1) is 20.9. The molecule has 2 nitrogen and oxygen atoms in total. The van der Waals surface area contributed by atoms with Crippen LogP contribution in [0.5, 0.6) is 0 Å². The molecule has 0 radical (unpaired) electrons. The maximum absolute atomic E-state index is 13.9. The average molecular weight is 362 g/mol. The molecule has 1 atom stereocenters. The van der Waals surface area contributed by atoms with E-state index in [-0.39, 0.29) is 16.7 Å². The fraction of sp³-hybridized carbons (Fsp3) is 0.667. The monoisotopic (exact) mass is 362 g/mol. The summed E-state index contributed by atoms with van der Waals surface area (Å²) in [5.74, 6) is 0.189. The number of rotatable bonds is 3. The van der Waals surface area contributed by atoms with E-state index in [1.54, 1.807) is 0 Å². The molecule has 144 valence electrons. The second-order valence-corrected chi connectivity index (χ2v) is 9.68. The highest BCUT2D eigenvalue weighted by atomic mass is 19.2. The standard InChI is InChI=1S/C21H33BF2N2/c1-12-16(25-14(3)18(12)20(5,6)7)11-17-13(2)19(21(8,9)10)15(4)26(17)22(23)24/h12H,11H2,1-10H3. The van der Waals surface area contributed by atoms with Crippen molar-refractivity contribution in [3.63, 3.8) is 0 Å². The SMILES string of the molecule is CC1=C(C(C)(C)C)C(C)C(Cc2c(C)c(C(C)(C)C)c(C)n2B(F)F)=N1. The Bertz CT molecular complexity index is 771. The number of nitrogens with zero attached hydrogens (tertiary/aromatic N) is 2. The second-order valence-electron chi connectivity index (χ2n) is 9.68. The van der Waals surface area contributed by atoms with Gasteiger partial charge in [0.05, 0.1) is 0 Å². The van der Waals surface area contributed by atoms with Gasteiger partial charge in [-0.15, -0.1) is 0 Å². The van der Waals surface area contributed by atoms with Gasteiger partial charge in [-0.3, -0.25) is 13.6 Å². The van der Waals surface area contributed by atoms with E-state index >= 15 is 0 Å². The predicted molar refractivity (Wildman–Crippen MR) is 108 cm³/mol. The third-order valence-corrected chi connectivity index (χ3v) is 5.56. The minimum Gasteiger partial charge on any atom is -0.332 e. The van der Waals surface area contributed by atoms with E-state index in [1.165, 1.54) is 10.1 Å². The van der Waals surface area contributed by atoms with Gasteiger partial charge in [0.25, 0.3) is 0 Å². The summed E-state index contributed by atoms with van der Waals surface area (Å²) in [5, 5.41) is 0. The lowest BCUT2D eigenvalue weighted by Crippen LogP contribution is -2.24. The zero-order valence-electron chi connectivity index (χ0n) is 18.0. The first-order chi connectivity index (χ1) is 11.7. The van der Waals surface area contributed by atoms with Gasteiger partial charge >= 0.3 is 7.40 Å². The molecule has 1 unspecified atom stereocenters. The number of hydrogen-bond donors (Lipinski definition) is 0. The van der Waals surface area contributed by atoms with Crippen LogP contribution >= 0.6 is 0 Å². The molecule has 1 aliphatic rings. The first-order valence-electron chi connectivity index (χ1n) is 9.45. The van der Waals surface area contributed by atoms with Gasteiger partial charge in [0.15, 0.2) is 0 Å². The van der Waals surface area contributed by atoms with Crippen LogP contribution in [0.4, 0.5) is 8.63 Å². The van der Waals surface area contributed by atoms with Gasteiger partial charge < -0.3 is 4.48 Å². The molecule has 1 aromatic rings. The molecule has 2 heterocycles. The van der Waals surface area contributed by atoms with E-state index in [1.807, 2.05) is 20.8 Å². The maximum Gasteiger partial charge on any atom is 0.677 e. The number of allylic oxidation sites excluding steroid dienone is 2. The molecule has 0 aliphatic carbocycles. The van der Waals surface area contributed by atoms with E-state index in [4.69, 9.17) is 4.99 Å². The molecule has 0 saturated carbocycles. The molecule has 1 aliphatic heterocycles. The number of aromatic nitrogens is 1. The Morgan fingerprint density at radius 2 is 1.54 bits per heavy atom. The van der Waals surface area contributed by atoms with Gasteiger partial charge in [-0.1, -0.05) is 48.5 Å². The Labute approximate surface area is 158 Å². The van der Waals surface area contributed by atoms with Crippen molar-refractivity contribution in [2.45, 2.75) is 81.1 Å². The third-order valence-electron chi connectivity index (χ3n) is 5.56. The van der Waals surface area contributed by atoms with Crippen molar-refractivity contribution in [3.05, 3.63) is 33.8 Å². The van der Waals surface area contributed by atoms with E-state index in [9.17, 15) is 8.63 Å². The Kier molecular flexibility index (Phi) is 5.35. The Balaban J connectivity index is 2.51. The van der Waals surface area contributed by atoms with Crippen LogP contribution < -0.4 is 0 Å². The van der Waals surface area contributed by atoms with Crippen molar-refractivity contribution in [1.82, 2.24) is 4.48 Å². The predicted octanol–water partition coefficient (Wildman–Crippen LogP) is 6.13. The molecule has 0 bridgehead atoms. The van der Waals surface area contributed by atoms with Crippen molar-refractivity contribution in [2.24, 2.45) is 16.3 Å². The van der Waals surface area contributed by atoms with Crippen LogP contribution in [0.25, 0.3) is 0 Å². The molecular formula is C21H33BF2N2. The molecule has 0 spiro atoms. The van der Waals surface area contributed by atoms with Crippen LogP contribution in [0, 0.1) is 25.2 Å². The third kappa shape index (κ3) is 3.54. The lowest BCUT2D eigenvalue weighted by molar-refractivity contribution is 0.467. The number of halogens is 2. The van der Waals surface area contributed by atoms with Gasteiger partial charge in [-0.2, -0.15) is 0 Å². The van der Waals surface area contributed by atoms with Crippen LogP contribution in [-0.2, 0) is 11.8 Å². The smallest absolute Gasteiger partial charge is 0.332 e. The quantitative estimate of drug-likeness (QED) is 0.576. The molecule has 2 rings (SSSR count).